The van der Waals surface area contributed by atoms with Gasteiger partial charge in [-0.2, -0.15) is 0 Å². The van der Waals surface area contributed by atoms with Gasteiger partial charge >= 0.3 is 0 Å². The van der Waals surface area contributed by atoms with Crippen molar-refractivity contribution >= 4 is 17.5 Å². The zero-order valence-electron chi connectivity index (χ0n) is 18.1. The van der Waals surface area contributed by atoms with Gasteiger partial charge in [-0.1, -0.05) is 0 Å². The lowest BCUT2D eigenvalue weighted by atomic mass is 9.97. The SMILES string of the molecule is COc1ccc(N2C(=O)CC(N3CCc4cc(OC)c(OC)cc4C3)C2=O)c(OC)c1. The second kappa shape index (κ2) is 8.47. The summed E-state index contributed by atoms with van der Waals surface area (Å²) in [5.74, 6) is 1.88. The normalized spacial score (nSPS) is 18.7. The van der Waals surface area contributed by atoms with Gasteiger partial charge in [0.15, 0.2) is 11.5 Å². The summed E-state index contributed by atoms with van der Waals surface area (Å²) in [5, 5.41) is 0. The summed E-state index contributed by atoms with van der Waals surface area (Å²) in [5.41, 5.74) is 2.67. The van der Waals surface area contributed by atoms with Crippen molar-refractivity contribution in [1.29, 1.82) is 0 Å². The number of benzene rings is 2. The Balaban J connectivity index is 1.59. The summed E-state index contributed by atoms with van der Waals surface area (Å²) >= 11 is 0. The number of rotatable bonds is 6. The maximum Gasteiger partial charge on any atom is 0.251 e. The second-order valence-electron chi connectivity index (χ2n) is 7.52. The zero-order chi connectivity index (χ0) is 22.1. The topological polar surface area (TPSA) is 77.5 Å². The monoisotopic (exact) mass is 426 g/mol. The van der Waals surface area contributed by atoms with Gasteiger partial charge in [0.05, 0.1) is 46.6 Å². The van der Waals surface area contributed by atoms with Crippen molar-refractivity contribution in [3.63, 3.8) is 0 Å². The van der Waals surface area contributed by atoms with Gasteiger partial charge in [-0.05, 0) is 41.8 Å². The average molecular weight is 426 g/mol. The molecular formula is C23H26N2O6. The Morgan fingerprint density at radius 2 is 1.52 bits per heavy atom. The van der Waals surface area contributed by atoms with Crippen molar-refractivity contribution < 1.29 is 28.5 Å². The fraction of sp³-hybridized carbons (Fsp3) is 0.391. The molecule has 2 aliphatic heterocycles. The summed E-state index contributed by atoms with van der Waals surface area (Å²) in [6.45, 7) is 1.24. The van der Waals surface area contributed by atoms with Crippen LogP contribution in [0.2, 0.25) is 0 Å². The summed E-state index contributed by atoms with van der Waals surface area (Å²) in [6, 6.07) is 8.48. The van der Waals surface area contributed by atoms with E-state index in [4.69, 9.17) is 18.9 Å². The van der Waals surface area contributed by atoms with E-state index in [0.29, 0.717) is 41.8 Å². The van der Waals surface area contributed by atoms with Gasteiger partial charge in [0, 0.05) is 19.2 Å². The van der Waals surface area contributed by atoms with Crippen molar-refractivity contribution in [3.05, 3.63) is 41.5 Å². The Kier molecular flexibility index (Phi) is 5.73. The molecule has 31 heavy (non-hydrogen) atoms. The number of nitrogens with zero attached hydrogens (tertiary/aromatic N) is 2. The fourth-order valence-corrected chi connectivity index (χ4v) is 4.29. The van der Waals surface area contributed by atoms with Gasteiger partial charge in [-0.15, -0.1) is 0 Å². The molecule has 0 aliphatic carbocycles. The third kappa shape index (κ3) is 3.67. The summed E-state index contributed by atoms with van der Waals surface area (Å²) < 4.78 is 21.4. The van der Waals surface area contributed by atoms with Crippen molar-refractivity contribution in [2.45, 2.75) is 25.4 Å². The van der Waals surface area contributed by atoms with E-state index in [9.17, 15) is 9.59 Å². The third-order valence-corrected chi connectivity index (χ3v) is 5.94. The molecule has 1 saturated heterocycles. The number of imide groups is 1. The Morgan fingerprint density at radius 3 is 2.16 bits per heavy atom. The number of anilines is 1. The van der Waals surface area contributed by atoms with Crippen LogP contribution in [0.4, 0.5) is 5.69 Å². The molecule has 2 aromatic rings. The average Bonchev–Trinajstić information content (AvgIpc) is 3.10. The molecule has 0 radical (unpaired) electrons. The highest BCUT2D eigenvalue weighted by atomic mass is 16.5. The van der Waals surface area contributed by atoms with E-state index in [1.54, 1.807) is 39.5 Å². The summed E-state index contributed by atoms with van der Waals surface area (Å²) in [6.07, 6.45) is 0.899. The molecule has 164 valence electrons. The lowest BCUT2D eigenvalue weighted by molar-refractivity contribution is -0.123. The van der Waals surface area contributed by atoms with Gasteiger partial charge in [-0.25, -0.2) is 4.90 Å². The van der Waals surface area contributed by atoms with E-state index >= 15 is 0 Å². The summed E-state index contributed by atoms with van der Waals surface area (Å²) in [4.78, 5) is 29.4. The molecular weight excluding hydrogens is 400 g/mol. The number of carbonyl (C=O) groups excluding carboxylic acids is 2. The number of methoxy groups -OCH3 is 4. The van der Waals surface area contributed by atoms with Crippen molar-refractivity contribution in [3.8, 4) is 23.0 Å². The van der Waals surface area contributed by atoms with Crippen LogP contribution in [-0.2, 0) is 22.6 Å². The fourth-order valence-electron chi connectivity index (χ4n) is 4.29. The highest BCUT2D eigenvalue weighted by Gasteiger charge is 2.44. The van der Waals surface area contributed by atoms with Crippen LogP contribution < -0.4 is 23.8 Å². The maximum atomic E-state index is 13.3. The first-order chi connectivity index (χ1) is 15.0. The van der Waals surface area contributed by atoms with Crippen molar-refractivity contribution in [2.75, 3.05) is 39.9 Å². The summed E-state index contributed by atoms with van der Waals surface area (Å²) in [7, 11) is 6.27. The molecule has 2 aromatic carbocycles. The van der Waals surface area contributed by atoms with E-state index in [2.05, 4.69) is 4.90 Å². The number of fused-ring (bicyclic) bond motifs is 1. The van der Waals surface area contributed by atoms with E-state index in [1.165, 1.54) is 17.6 Å². The first-order valence-electron chi connectivity index (χ1n) is 10.1. The van der Waals surface area contributed by atoms with Gasteiger partial charge in [0.1, 0.15) is 11.5 Å². The van der Waals surface area contributed by atoms with Crippen LogP contribution in [0.3, 0.4) is 0 Å². The predicted octanol–water partition coefficient (Wildman–Crippen LogP) is 2.41. The Bertz CT molecular complexity index is 1020. The van der Waals surface area contributed by atoms with E-state index in [0.717, 1.165) is 12.0 Å². The molecule has 1 fully saturated rings. The molecule has 2 aliphatic rings. The smallest absolute Gasteiger partial charge is 0.251 e. The standard InChI is InChI=1S/C23H26N2O6/c1-28-16-5-6-17(19(11-16)29-2)25-22(26)12-18(23(25)27)24-8-7-14-9-20(30-3)21(31-4)10-15(14)13-24/h5-6,9-11,18H,7-8,12-13H2,1-4H3. The van der Waals surface area contributed by atoms with Crippen LogP contribution in [0.1, 0.15) is 17.5 Å². The van der Waals surface area contributed by atoms with Crippen LogP contribution in [0.15, 0.2) is 30.3 Å². The molecule has 8 heteroatoms. The molecule has 0 bridgehead atoms. The van der Waals surface area contributed by atoms with Crippen LogP contribution in [0, 0.1) is 0 Å². The molecule has 0 spiro atoms. The van der Waals surface area contributed by atoms with Crippen LogP contribution in [0.5, 0.6) is 23.0 Å². The Hall–Kier alpha value is -3.26. The van der Waals surface area contributed by atoms with Gasteiger partial charge in [0.25, 0.3) is 5.91 Å². The molecule has 1 unspecified atom stereocenters. The van der Waals surface area contributed by atoms with Crippen LogP contribution in [0.25, 0.3) is 0 Å². The molecule has 0 N–H and O–H groups in total. The van der Waals surface area contributed by atoms with E-state index in [1.807, 2.05) is 12.1 Å². The molecule has 0 aromatic heterocycles. The molecule has 4 rings (SSSR count). The first kappa shape index (κ1) is 21.0. The Morgan fingerprint density at radius 1 is 0.839 bits per heavy atom. The van der Waals surface area contributed by atoms with Crippen LogP contribution >= 0.6 is 0 Å². The molecule has 2 amide bonds. The van der Waals surface area contributed by atoms with Crippen LogP contribution in [-0.4, -0.2) is 57.7 Å². The van der Waals surface area contributed by atoms with Gasteiger partial charge in [0.2, 0.25) is 5.91 Å². The van der Waals surface area contributed by atoms with Crippen molar-refractivity contribution in [2.24, 2.45) is 0 Å². The minimum Gasteiger partial charge on any atom is -0.497 e. The third-order valence-electron chi connectivity index (χ3n) is 5.94. The Labute approximate surface area is 181 Å². The minimum absolute atomic E-state index is 0.136. The highest BCUT2D eigenvalue weighted by molar-refractivity contribution is 6.23. The number of hydrogen-bond donors (Lipinski definition) is 0. The number of hydrogen-bond acceptors (Lipinski definition) is 7. The predicted molar refractivity (Wildman–Crippen MR) is 114 cm³/mol. The van der Waals surface area contributed by atoms with E-state index in [-0.39, 0.29) is 18.2 Å². The van der Waals surface area contributed by atoms with Gasteiger partial charge < -0.3 is 18.9 Å². The van der Waals surface area contributed by atoms with Crippen molar-refractivity contribution in [1.82, 2.24) is 4.90 Å². The first-order valence-corrected chi connectivity index (χ1v) is 10.1. The lowest BCUT2D eigenvalue weighted by Gasteiger charge is -2.32. The van der Waals surface area contributed by atoms with Gasteiger partial charge in [-0.3, -0.25) is 14.5 Å². The molecule has 0 saturated carbocycles. The number of ether oxygens (including phenoxy) is 4. The zero-order valence-corrected chi connectivity index (χ0v) is 18.1. The highest BCUT2D eigenvalue weighted by Crippen LogP contribution is 2.38. The lowest BCUT2D eigenvalue weighted by Crippen LogP contribution is -2.44. The molecule has 2 heterocycles. The molecule has 8 nitrogen and oxygen atoms in total. The quantitative estimate of drug-likeness (QED) is 0.657. The number of carbonyl (C=O) groups is 2. The second-order valence-corrected chi connectivity index (χ2v) is 7.52. The largest absolute Gasteiger partial charge is 0.497 e. The molecule has 1 atom stereocenters. The van der Waals surface area contributed by atoms with E-state index < -0.39 is 6.04 Å². The minimum atomic E-state index is -0.513. The maximum absolute atomic E-state index is 13.3. The number of amides is 2.